The standard InChI is InChI=1S/C18H13ClF2N4O/c1-10-5-6-11(19)7-14(10)24-18(26)15-8-16(23-9-22-15)25-17-12(20)3-2-4-13(17)21/h2-9H,1H3,(H,24,26)(H,22,23,25). The molecule has 1 aromatic heterocycles. The zero-order valence-electron chi connectivity index (χ0n) is 13.6. The molecule has 132 valence electrons. The second-order valence-corrected chi connectivity index (χ2v) is 5.86. The molecule has 1 heterocycles. The molecule has 0 saturated heterocycles. The van der Waals surface area contributed by atoms with Crippen LogP contribution in [0.1, 0.15) is 16.1 Å². The first-order valence-corrected chi connectivity index (χ1v) is 7.92. The number of hydrogen-bond acceptors (Lipinski definition) is 4. The van der Waals surface area contributed by atoms with Crippen molar-refractivity contribution in [1.82, 2.24) is 9.97 Å². The van der Waals surface area contributed by atoms with E-state index in [4.69, 9.17) is 11.6 Å². The molecule has 0 spiro atoms. The first-order valence-electron chi connectivity index (χ1n) is 7.54. The largest absolute Gasteiger partial charge is 0.335 e. The molecule has 0 bridgehead atoms. The van der Waals surface area contributed by atoms with Crippen LogP contribution in [0.3, 0.4) is 0 Å². The maximum absolute atomic E-state index is 13.7. The predicted octanol–water partition coefficient (Wildman–Crippen LogP) is 4.71. The molecule has 3 aromatic rings. The predicted molar refractivity (Wildman–Crippen MR) is 95.8 cm³/mol. The van der Waals surface area contributed by atoms with Crippen LogP contribution < -0.4 is 10.6 Å². The second-order valence-electron chi connectivity index (χ2n) is 5.42. The summed E-state index contributed by atoms with van der Waals surface area (Å²) in [5, 5.41) is 5.69. The topological polar surface area (TPSA) is 66.9 Å². The minimum absolute atomic E-state index is 0.0265. The number of aryl methyl sites for hydroxylation is 1. The van der Waals surface area contributed by atoms with Crippen LogP contribution in [0, 0.1) is 18.6 Å². The number of rotatable bonds is 4. The van der Waals surface area contributed by atoms with Crippen LogP contribution in [0.25, 0.3) is 0 Å². The Labute approximate surface area is 153 Å². The number of carbonyl (C=O) groups is 1. The van der Waals surface area contributed by atoms with Crippen molar-refractivity contribution in [2.45, 2.75) is 6.92 Å². The quantitative estimate of drug-likeness (QED) is 0.694. The van der Waals surface area contributed by atoms with Crippen LogP contribution in [0.4, 0.5) is 26.0 Å². The van der Waals surface area contributed by atoms with Gasteiger partial charge in [-0.15, -0.1) is 0 Å². The van der Waals surface area contributed by atoms with Gasteiger partial charge in [0.15, 0.2) is 0 Å². The van der Waals surface area contributed by atoms with E-state index in [-0.39, 0.29) is 17.2 Å². The van der Waals surface area contributed by atoms with Gasteiger partial charge in [0.25, 0.3) is 5.91 Å². The molecule has 0 atom stereocenters. The molecular formula is C18H13ClF2N4O. The monoisotopic (exact) mass is 374 g/mol. The average molecular weight is 375 g/mol. The summed E-state index contributed by atoms with van der Waals surface area (Å²) in [5.74, 6) is -1.97. The summed E-state index contributed by atoms with van der Waals surface area (Å²) in [7, 11) is 0. The van der Waals surface area contributed by atoms with E-state index in [1.54, 1.807) is 18.2 Å². The fourth-order valence-electron chi connectivity index (χ4n) is 2.21. The summed E-state index contributed by atoms with van der Waals surface area (Å²) >= 11 is 5.93. The molecule has 2 aromatic carbocycles. The molecule has 0 aliphatic carbocycles. The van der Waals surface area contributed by atoms with E-state index in [1.165, 1.54) is 12.1 Å². The third-order valence-corrected chi connectivity index (χ3v) is 3.80. The fourth-order valence-corrected chi connectivity index (χ4v) is 2.38. The van der Waals surface area contributed by atoms with Crippen molar-refractivity contribution in [2.24, 2.45) is 0 Å². The van der Waals surface area contributed by atoms with Crippen LogP contribution in [-0.2, 0) is 0 Å². The molecule has 2 N–H and O–H groups in total. The number of para-hydroxylation sites is 1. The van der Waals surface area contributed by atoms with E-state index in [0.717, 1.165) is 24.0 Å². The maximum atomic E-state index is 13.7. The van der Waals surface area contributed by atoms with Crippen molar-refractivity contribution in [3.05, 3.63) is 76.7 Å². The molecular weight excluding hydrogens is 362 g/mol. The van der Waals surface area contributed by atoms with Gasteiger partial charge in [0, 0.05) is 16.8 Å². The Hall–Kier alpha value is -3.06. The van der Waals surface area contributed by atoms with E-state index < -0.39 is 17.5 Å². The van der Waals surface area contributed by atoms with Gasteiger partial charge in [-0.05, 0) is 36.8 Å². The molecule has 0 fully saturated rings. The van der Waals surface area contributed by atoms with Crippen molar-refractivity contribution in [3.8, 4) is 0 Å². The molecule has 3 rings (SSSR count). The van der Waals surface area contributed by atoms with E-state index in [0.29, 0.717) is 10.7 Å². The molecule has 0 radical (unpaired) electrons. The van der Waals surface area contributed by atoms with Crippen LogP contribution in [0.5, 0.6) is 0 Å². The Kier molecular flexibility index (Phi) is 5.09. The smallest absolute Gasteiger partial charge is 0.274 e. The van der Waals surface area contributed by atoms with Crippen LogP contribution in [-0.4, -0.2) is 15.9 Å². The Bertz CT molecular complexity index is 961. The number of nitrogens with zero attached hydrogens (tertiary/aromatic N) is 2. The van der Waals surface area contributed by atoms with Crippen molar-refractivity contribution in [2.75, 3.05) is 10.6 Å². The summed E-state index contributed by atoms with van der Waals surface area (Å²) in [5.41, 5.74) is 1.03. The SMILES string of the molecule is Cc1ccc(Cl)cc1NC(=O)c1cc(Nc2c(F)cccc2F)ncn1. The van der Waals surface area contributed by atoms with Gasteiger partial charge in [0.1, 0.15) is 35.2 Å². The molecule has 0 aliphatic heterocycles. The summed E-state index contributed by atoms with van der Waals surface area (Å²) < 4.78 is 27.5. The summed E-state index contributed by atoms with van der Waals surface area (Å²) in [6.45, 7) is 1.82. The minimum atomic E-state index is -0.774. The van der Waals surface area contributed by atoms with Gasteiger partial charge in [0.2, 0.25) is 0 Å². The third kappa shape index (κ3) is 3.94. The Morgan fingerprint density at radius 3 is 2.54 bits per heavy atom. The van der Waals surface area contributed by atoms with Crippen LogP contribution >= 0.6 is 11.6 Å². The van der Waals surface area contributed by atoms with Crippen molar-refractivity contribution in [1.29, 1.82) is 0 Å². The van der Waals surface area contributed by atoms with E-state index >= 15 is 0 Å². The Balaban J connectivity index is 1.83. The minimum Gasteiger partial charge on any atom is -0.335 e. The first kappa shape index (κ1) is 17.8. The Morgan fingerprint density at radius 1 is 1.08 bits per heavy atom. The molecule has 0 saturated carbocycles. The van der Waals surface area contributed by atoms with E-state index in [1.807, 2.05) is 6.92 Å². The van der Waals surface area contributed by atoms with Gasteiger partial charge in [-0.3, -0.25) is 4.79 Å². The van der Waals surface area contributed by atoms with Gasteiger partial charge in [0.05, 0.1) is 0 Å². The zero-order chi connectivity index (χ0) is 18.7. The lowest BCUT2D eigenvalue weighted by atomic mass is 10.2. The normalized spacial score (nSPS) is 10.5. The third-order valence-electron chi connectivity index (χ3n) is 3.56. The number of aromatic nitrogens is 2. The summed E-state index contributed by atoms with van der Waals surface area (Å²) in [4.78, 5) is 20.2. The highest BCUT2D eigenvalue weighted by molar-refractivity contribution is 6.31. The first-order chi connectivity index (χ1) is 12.4. The van der Waals surface area contributed by atoms with Gasteiger partial charge in [-0.25, -0.2) is 18.7 Å². The lowest BCUT2D eigenvalue weighted by Gasteiger charge is -2.10. The molecule has 8 heteroatoms. The molecule has 26 heavy (non-hydrogen) atoms. The zero-order valence-corrected chi connectivity index (χ0v) is 14.3. The maximum Gasteiger partial charge on any atom is 0.274 e. The van der Waals surface area contributed by atoms with Crippen molar-refractivity contribution in [3.63, 3.8) is 0 Å². The molecule has 0 aliphatic rings. The van der Waals surface area contributed by atoms with E-state index in [2.05, 4.69) is 20.6 Å². The summed E-state index contributed by atoms with van der Waals surface area (Å²) in [6.07, 6.45) is 1.13. The van der Waals surface area contributed by atoms with Crippen molar-refractivity contribution >= 4 is 34.7 Å². The number of halogens is 3. The van der Waals surface area contributed by atoms with E-state index in [9.17, 15) is 13.6 Å². The molecule has 0 unspecified atom stereocenters. The lowest BCUT2D eigenvalue weighted by Crippen LogP contribution is -2.15. The number of anilines is 3. The number of carbonyl (C=O) groups excluding carboxylic acids is 1. The van der Waals surface area contributed by atoms with Gasteiger partial charge < -0.3 is 10.6 Å². The number of benzene rings is 2. The van der Waals surface area contributed by atoms with Crippen LogP contribution in [0.15, 0.2) is 48.8 Å². The molecule has 5 nitrogen and oxygen atoms in total. The molecule has 1 amide bonds. The average Bonchev–Trinajstić information content (AvgIpc) is 2.62. The second kappa shape index (κ2) is 7.45. The summed E-state index contributed by atoms with van der Waals surface area (Å²) in [6, 6.07) is 9.87. The van der Waals surface area contributed by atoms with Gasteiger partial charge >= 0.3 is 0 Å². The van der Waals surface area contributed by atoms with Gasteiger partial charge in [-0.2, -0.15) is 0 Å². The highest BCUT2D eigenvalue weighted by Gasteiger charge is 2.13. The Morgan fingerprint density at radius 2 is 1.81 bits per heavy atom. The lowest BCUT2D eigenvalue weighted by molar-refractivity contribution is 0.102. The number of amides is 1. The fraction of sp³-hybridized carbons (Fsp3) is 0.0556. The van der Waals surface area contributed by atoms with Gasteiger partial charge in [-0.1, -0.05) is 23.7 Å². The highest BCUT2D eigenvalue weighted by Crippen LogP contribution is 2.23. The number of hydrogen-bond donors (Lipinski definition) is 2. The highest BCUT2D eigenvalue weighted by atomic mass is 35.5. The van der Waals surface area contributed by atoms with Crippen molar-refractivity contribution < 1.29 is 13.6 Å². The number of nitrogens with one attached hydrogen (secondary N) is 2. The van der Waals surface area contributed by atoms with Crippen LogP contribution in [0.2, 0.25) is 5.02 Å².